The van der Waals surface area contributed by atoms with Crippen LogP contribution in [0.3, 0.4) is 0 Å². The number of carbonyl (C=O) groups is 2. The zero-order valence-corrected chi connectivity index (χ0v) is 19.8. The van der Waals surface area contributed by atoms with Crippen LogP contribution in [-0.2, 0) is 28.9 Å². The molecule has 0 aliphatic heterocycles. The molecule has 7 nitrogen and oxygen atoms in total. The van der Waals surface area contributed by atoms with Gasteiger partial charge in [0.25, 0.3) is 5.91 Å². The van der Waals surface area contributed by atoms with Crippen LogP contribution in [0.25, 0.3) is 11.1 Å². The molecule has 0 saturated carbocycles. The highest BCUT2D eigenvalue weighted by Gasteiger charge is 2.25. The van der Waals surface area contributed by atoms with Crippen molar-refractivity contribution in [1.29, 1.82) is 0 Å². The average Bonchev–Trinajstić information content (AvgIpc) is 3.12. The number of ether oxygens (including phenoxy) is 3. The topological polar surface area (TPSA) is 92.8 Å². The quantitative estimate of drug-likeness (QED) is 0.453. The lowest BCUT2D eigenvalue weighted by Crippen LogP contribution is -2.14. The van der Waals surface area contributed by atoms with E-state index >= 15 is 0 Å². The summed E-state index contributed by atoms with van der Waals surface area (Å²) in [7, 11) is 4.49. The van der Waals surface area contributed by atoms with E-state index in [0.717, 1.165) is 11.3 Å². The highest BCUT2D eigenvalue weighted by atomic mass is 19.1. The Hall–Kier alpha value is -3.81. The molecule has 0 bridgehead atoms. The molecule has 0 fully saturated rings. The lowest BCUT2D eigenvalue weighted by molar-refractivity contribution is -0.140. The molecule has 3 aromatic rings. The van der Waals surface area contributed by atoms with Gasteiger partial charge >= 0.3 is 5.97 Å². The normalized spacial score (nSPS) is 10.7. The summed E-state index contributed by atoms with van der Waals surface area (Å²) in [5.74, 6) is -0.0705. The van der Waals surface area contributed by atoms with Crippen LogP contribution in [0.1, 0.15) is 33.7 Å². The summed E-state index contributed by atoms with van der Waals surface area (Å²) in [6.45, 7) is 2.35. The molecule has 0 aliphatic rings. The van der Waals surface area contributed by atoms with E-state index in [2.05, 4.69) is 0 Å². The Morgan fingerprint density at radius 3 is 2.24 bits per heavy atom. The molecule has 8 heteroatoms. The number of esters is 1. The Morgan fingerprint density at radius 1 is 0.971 bits per heavy atom. The maximum absolute atomic E-state index is 13.6. The zero-order valence-electron chi connectivity index (χ0n) is 19.8. The maximum Gasteiger partial charge on any atom is 0.305 e. The molecule has 1 amide bonds. The summed E-state index contributed by atoms with van der Waals surface area (Å²) in [5.41, 5.74) is 9.87. The molecule has 0 aliphatic carbocycles. The summed E-state index contributed by atoms with van der Waals surface area (Å²) >= 11 is 0. The lowest BCUT2D eigenvalue weighted by atomic mass is 9.98. The second-order valence-electron chi connectivity index (χ2n) is 7.82. The van der Waals surface area contributed by atoms with Gasteiger partial charge in [-0.2, -0.15) is 0 Å². The summed E-state index contributed by atoms with van der Waals surface area (Å²) in [5, 5.41) is 0. The average molecular weight is 469 g/mol. The number of rotatable bonds is 10. The van der Waals surface area contributed by atoms with Gasteiger partial charge in [0.2, 0.25) is 0 Å². The fraction of sp³-hybridized carbons (Fsp3) is 0.308. The van der Waals surface area contributed by atoms with E-state index in [-0.39, 0.29) is 18.2 Å². The Morgan fingerprint density at radius 2 is 1.65 bits per heavy atom. The molecule has 0 radical (unpaired) electrons. The van der Waals surface area contributed by atoms with Crippen LogP contribution in [0.4, 0.5) is 4.39 Å². The molecule has 34 heavy (non-hydrogen) atoms. The predicted octanol–water partition coefficient (Wildman–Crippen LogP) is 4.07. The summed E-state index contributed by atoms with van der Waals surface area (Å²) in [4.78, 5) is 24.4. The van der Waals surface area contributed by atoms with Crippen molar-refractivity contribution in [2.75, 3.05) is 21.3 Å². The molecule has 180 valence electrons. The molecule has 0 atom stereocenters. The van der Waals surface area contributed by atoms with Gasteiger partial charge in [-0.1, -0.05) is 18.2 Å². The predicted molar refractivity (Wildman–Crippen MR) is 127 cm³/mol. The third-order valence-corrected chi connectivity index (χ3v) is 5.88. The SMILES string of the molecule is COC(=O)CCc1c(-c2ccc(F)cc2)c(C(N)=O)c(C)n1CCc1ccc(OC)c(OC)c1. The van der Waals surface area contributed by atoms with E-state index in [1.54, 1.807) is 26.4 Å². The molecule has 0 saturated heterocycles. The van der Waals surface area contributed by atoms with Crippen molar-refractivity contribution in [2.24, 2.45) is 5.73 Å². The smallest absolute Gasteiger partial charge is 0.305 e. The van der Waals surface area contributed by atoms with Crippen molar-refractivity contribution < 1.29 is 28.2 Å². The van der Waals surface area contributed by atoms with Crippen molar-refractivity contribution in [3.63, 3.8) is 0 Å². The molecule has 2 aromatic carbocycles. The highest BCUT2D eigenvalue weighted by molar-refractivity contribution is 6.02. The van der Waals surface area contributed by atoms with Crippen molar-refractivity contribution in [3.05, 3.63) is 70.8 Å². The summed E-state index contributed by atoms with van der Waals surface area (Å²) < 4.78 is 31.1. The van der Waals surface area contributed by atoms with Crippen molar-refractivity contribution in [2.45, 2.75) is 32.7 Å². The van der Waals surface area contributed by atoms with E-state index in [1.807, 2.05) is 29.7 Å². The van der Waals surface area contributed by atoms with Crippen LogP contribution in [0.2, 0.25) is 0 Å². The molecular formula is C26H29FN2O5. The Bertz CT molecular complexity index is 1180. The number of benzene rings is 2. The molecule has 0 spiro atoms. The number of nitrogens with zero attached hydrogens (tertiary/aromatic N) is 1. The number of hydrogen-bond donors (Lipinski definition) is 1. The number of aryl methyl sites for hydroxylation is 1. The van der Waals surface area contributed by atoms with Crippen LogP contribution in [0.5, 0.6) is 11.5 Å². The first-order chi connectivity index (χ1) is 16.3. The monoisotopic (exact) mass is 468 g/mol. The molecular weight excluding hydrogens is 439 g/mol. The number of carbonyl (C=O) groups excluding carboxylic acids is 2. The minimum atomic E-state index is -0.582. The van der Waals surface area contributed by atoms with Crippen LogP contribution < -0.4 is 15.2 Å². The van der Waals surface area contributed by atoms with E-state index in [4.69, 9.17) is 19.9 Å². The first kappa shape index (κ1) is 24.8. The van der Waals surface area contributed by atoms with Gasteiger partial charge in [0.1, 0.15) is 5.82 Å². The molecule has 2 N–H and O–H groups in total. The number of nitrogens with two attached hydrogens (primary N) is 1. The van der Waals surface area contributed by atoms with E-state index < -0.39 is 5.91 Å². The first-order valence-corrected chi connectivity index (χ1v) is 10.9. The number of hydrogen-bond acceptors (Lipinski definition) is 5. The van der Waals surface area contributed by atoms with Crippen LogP contribution in [0, 0.1) is 12.7 Å². The van der Waals surface area contributed by atoms with Gasteiger partial charge in [0.15, 0.2) is 11.5 Å². The third-order valence-electron chi connectivity index (χ3n) is 5.88. The van der Waals surface area contributed by atoms with Gasteiger partial charge in [-0.05, 0) is 55.2 Å². The van der Waals surface area contributed by atoms with Gasteiger partial charge in [-0.25, -0.2) is 4.39 Å². The van der Waals surface area contributed by atoms with Gasteiger partial charge in [-0.15, -0.1) is 0 Å². The summed E-state index contributed by atoms with van der Waals surface area (Å²) in [6, 6.07) is 11.6. The van der Waals surface area contributed by atoms with Crippen LogP contribution in [-0.4, -0.2) is 37.8 Å². The number of methoxy groups -OCH3 is 3. The van der Waals surface area contributed by atoms with Gasteiger partial charge in [-0.3, -0.25) is 9.59 Å². The standard InChI is InChI=1S/C26H29FN2O5/c1-16-24(26(28)31)25(18-6-8-19(27)9-7-18)20(10-12-23(30)34-4)29(16)14-13-17-5-11-21(32-2)22(15-17)33-3/h5-9,11,15H,10,12-14H2,1-4H3,(H2,28,31). The third kappa shape index (κ3) is 5.22. The lowest BCUT2D eigenvalue weighted by Gasteiger charge is -2.14. The van der Waals surface area contributed by atoms with Crippen molar-refractivity contribution >= 4 is 11.9 Å². The number of amides is 1. The molecule has 0 unspecified atom stereocenters. The zero-order chi connectivity index (χ0) is 24.8. The molecule has 1 aromatic heterocycles. The van der Waals surface area contributed by atoms with Crippen molar-refractivity contribution in [1.82, 2.24) is 4.57 Å². The number of halogens is 1. The second-order valence-corrected chi connectivity index (χ2v) is 7.82. The summed E-state index contributed by atoms with van der Waals surface area (Å²) in [6.07, 6.45) is 1.09. The minimum absolute atomic E-state index is 0.128. The van der Waals surface area contributed by atoms with Gasteiger partial charge in [0.05, 0.1) is 33.3 Å². The minimum Gasteiger partial charge on any atom is -0.493 e. The Labute approximate surface area is 198 Å². The van der Waals surface area contributed by atoms with Gasteiger partial charge in [0, 0.05) is 23.5 Å². The Kier molecular flexibility index (Phi) is 7.94. The largest absolute Gasteiger partial charge is 0.493 e. The first-order valence-electron chi connectivity index (χ1n) is 10.9. The maximum atomic E-state index is 13.6. The highest BCUT2D eigenvalue weighted by Crippen LogP contribution is 2.34. The second kappa shape index (κ2) is 10.9. The Balaban J connectivity index is 2.07. The fourth-order valence-corrected chi connectivity index (χ4v) is 4.19. The van der Waals surface area contributed by atoms with Crippen LogP contribution in [0.15, 0.2) is 42.5 Å². The van der Waals surface area contributed by atoms with Crippen molar-refractivity contribution in [3.8, 4) is 22.6 Å². The number of aromatic nitrogens is 1. The molecule has 3 rings (SSSR count). The van der Waals surface area contributed by atoms with Crippen LogP contribution >= 0.6 is 0 Å². The molecule has 1 heterocycles. The fourth-order valence-electron chi connectivity index (χ4n) is 4.19. The van der Waals surface area contributed by atoms with Gasteiger partial charge < -0.3 is 24.5 Å². The van der Waals surface area contributed by atoms with E-state index in [9.17, 15) is 14.0 Å². The van der Waals surface area contributed by atoms with E-state index in [1.165, 1.54) is 19.2 Å². The van der Waals surface area contributed by atoms with E-state index in [0.29, 0.717) is 53.3 Å². The number of primary amides is 1.